The Morgan fingerprint density at radius 3 is 2.56 bits per heavy atom. The zero-order chi connectivity index (χ0) is 22.5. The summed E-state index contributed by atoms with van der Waals surface area (Å²) in [5, 5.41) is 4.18. The van der Waals surface area contributed by atoms with E-state index in [1.807, 2.05) is 24.3 Å². The van der Waals surface area contributed by atoms with Gasteiger partial charge in [0.05, 0.1) is 0 Å². The third-order valence-electron chi connectivity index (χ3n) is 5.87. The maximum atomic E-state index is 13.4. The van der Waals surface area contributed by atoms with Crippen LogP contribution < -0.4 is 5.32 Å². The number of halogens is 1. The van der Waals surface area contributed by atoms with Gasteiger partial charge in [-0.15, -0.1) is 0 Å². The van der Waals surface area contributed by atoms with Gasteiger partial charge in [0.25, 0.3) is 0 Å². The Kier molecular flexibility index (Phi) is 6.69. The standard InChI is InChI=1S/C28H29FN2O/c1-3-15-30-28(32)17-25(22-8-6-7-20(2)16-22)26-19-31(27-10-5-4-9-24(26)27)18-21-11-13-23(29)14-12-21/h4-14,16,19,25H,3,15,17-18H2,1-2H3,(H,30,32). The van der Waals surface area contributed by atoms with Crippen LogP contribution in [-0.2, 0) is 11.3 Å². The number of carbonyl (C=O) groups is 1. The molecule has 3 aromatic carbocycles. The van der Waals surface area contributed by atoms with Gasteiger partial charge < -0.3 is 9.88 Å². The first-order valence-corrected chi connectivity index (χ1v) is 11.2. The molecule has 0 saturated carbocycles. The van der Waals surface area contributed by atoms with Gasteiger partial charge in [0.1, 0.15) is 5.82 Å². The van der Waals surface area contributed by atoms with Crippen LogP contribution in [0.3, 0.4) is 0 Å². The van der Waals surface area contributed by atoms with Gasteiger partial charge in [-0.3, -0.25) is 4.79 Å². The Morgan fingerprint density at radius 1 is 1.03 bits per heavy atom. The van der Waals surface area contributed by atoms with Crippen molar-refractivity contribution in [2.24, 2.45) is 0 Å². The molecule has 1 amide bonds. The maximum Gasteiger partial charge on any atom is 0.220 e. The summed E-state index contributed by atoms with van der Waals surface area (Å²) < 4.78 is 15.6. The van der Waals surface area contributed by atoms with Crippen molar-refractivity contribution in [3.05, 3.63) is 107 Å². The van der Waals surface area contributed by atoms with Crippen molar-refractivity contribution in [3.8, 4) is 0 Å². The van der Waals surface area contributed by atoms with Gasteiger partial charge >= 0.3 is 0 Å². The number of hydrogen-bond acceptors (Lipinski definition) is 1. The molecule has 0 aliphatic carbocycles. The molecule has 0 fully saturated rings. The number of carbonyl (C=O) groups excluding carboxylic acids is 1. The fourth-order valence-corrected chi connectivity index (χ4v) is 4.29. The summed E-state index contributed by atoms with van der Waals surface area (Å²) in [5.74, 6) is -0.218. The monoisotopic (exact) mass is 428 g/mol. The lowest BCUT2D eigenvalue weighted by atomic mass is 9.87. The number of aromatic nitrogens is 1. The molecule has 32 heavy (non-hydrogen) atoms. The molecule has 0 radical (unpaired) electrons. The number of nitrogens with one attached hydrogen (secondary N) is 1. The molecule has 1 aromatic heterocycles. The summed E-state index contributed by atoms with van der Waals surface area (Å²) in [5.41, 5.74) is 5.60. The summed E-state index contributed by atoms with van der Waals surface area (Å²) in [4.78, 5) is 12.8. The van der Waals surface area contributed by atoms with Crippen molar-refractivity contribution >= 4 is 16.8 Å². The molecule has 4 rings (SSSR count). The quantitative estimate of drug-likeness (QED) is 0.357. The molecule has 1 heterocycles. The van der Waals surface area contributed by atoms with Crippen LogP contribution in [0, 0.1) is 12.7 Å². The molecule has 164 valence electrons. The van der Waals surface area contributed by atoms with Crippen molar-refractivity contribution in [2.45, 2.75) is 39.2 Å². The SMILES string of the molecule is CCCNC(=O)CC(c1cccc(C)c1)c1cn(Cc2ccc(F)cc2)c2ccccc12. The third-order valence-corrected chi connectivity index (χ3v) is 5.87. The smallest absolute Gasteiger partial charge is 0.220 e. The van der Waals surface area contributed by atoms with Crippen LogP contribution >= 0.6 is 0 Å². The lowest BCUT2D eigenvalue weighted by Crippen LogP contribution is -2.26. The number of rotatable bonds is 8. The van der Waals surface area contributed by atoms with Gasteiger partial charge in [0.15, 0.2) is 0 Å². The third kappa shape index (κ3) is 4.91. The number of fused-ring (bicyclic) bond motifs is 1. The molecule has 0 aliphatic heterocycles. The summed E-state index contributed by atoms with van der Waals surface area (Å²) in [6, 6.07) is 23.3. The maximum absolute atomic E-state index is 13.4. The van der Waals surface area contributed by atoms with Gasteiger partial charge in [-0.05, 0) is 48.2 Å². The number of nitrogens with zero attached hydrogens (tertiary/aromatic N) is 1. The van der Waals surface area contributed by atoms with Crippen LogP contribution in [0.25, 0.3) is 10.9 Å². The van der Waals surface area contributed by atoms with Crippen LogP contribution in [-0.4, -0.2) is 17.0 Å². The number of hydrogen-bond donors (Lipinski definition) is 1. The summed E-state index contributed by atoms with van der Waals surface area (Å²) in [6.07, 6.45) is 3.47. The second kappa shape index (κ2) is 9.82. The predicted molar refractivity (Wildman–Crippen MR) is 128 cm³/mol. The highest BCUT2D eigenvalue weighted by molar-refractivity contribution is 5.86. The van der Waals surface area contributed by atoms with E-state index >= 15 is 0 Å². The number of aryl methyl sites for hydroxylation is 1. The van der Waals surface area contributed by atoms with E-state index in [1.54, 1.807) is 0 Å². The molecule has 0 saturated heterocycles. The largest absolute Gasteiger partial charge is 0.356 e. The number of amides is 1. The molecule has 0 spiro atoms. The van der Waals surface area contributed by atoms with Crippen molar-refractivity contribution in [1.29, 1.82) is 0 Å². The summed E-state index contributed by atoms with van der Waals surface area (Å²) in [6.45, 7) is 5.46. The summed E-state index contributed by atoms with van der Waals surface area (Å²) >= 11 is 0. The van der Waals surface area contributed by atoms with Crippen LogP contribution in [0.15, 0.2) is 79.0 Å². The van der Waals surface area contributed by atoms with Crippen molar-refractivity contribution < 1.29 is 9.18 Å². The Balaban J connectivity index is 1.77. The molecular formula is C28H29FN2O. The topological polar surface area (TPSA) is 34.0 Å². The van der Waals surface area contributed by atoms with Crippen molar-refractivity contribution in [3.63, 3.8) is 0 Å². The highest BCUT2D eigenvalue weighted by Gasteiger charge is 2.23. The van der Waals surface area contributed by atoms with E-state index in [2.05, 4.69) is 66.3 Å². The Hall–Kier alpha value is -3.40. The Morgan fingerprint density at radius 2 is 1.81 bits per heavy atom. The van der Waals surface area contributed by atoms with E-state index in [0.717, 1.165) is 34.0 Å². The molecule has 4 aromatic rings. The second-order valence-electron chi connectivity index (χ2n) is 8.38. The molecule has 0 bridgehead atoms. The van der Waals surface area contributed by atoms with Gasteiger partial charge in [0.2, 0.25) is 5.91 Å². The minimum atomic E-state index is -0.232. The first-order chi connectivity index (χ1) is 15.5. The van der Waals surface area contributed by atoms with E-state index in [0.29, 0.717) is 19.5 Å². The van der Waals surface area contributed by atoms with Crippen LogP contribution in [0.5, 0.6) is 0 Å². The van der Waals surface area contributed by atoms with Crippen LogP contribution in [0.1, 0.15) is 47.9 Å². The van der Waals surface area contributed by atoms with Gasteiger partial charge in [0, 0.05) is 42.5 Å². The fourth-order valence-electron chi connectivity index (χ4n) is 4.29. The van der Waals surface area contributed by atoms with Crippen molar-refractivity contribution in [1.82, 2.24) is 9.88 Å². The number of para-hydroxylation sites is 1. The Labute approximate surface area is 188 Å². The predicted octanol–water partition coefficient (Wildman–Crippen LogP) is 6.19. The van der Waals surface area contributed by atoms with E-state index < -0.39 is 0 Å². The zero-order valence-corrected chi connectivity index (χ0v) is 18.6. The average molecular weight is 429 g/mol. The Bertz CT molecular complexity index is 1210. The lowest BCUT2D eigenvalue weighted by Gasteiger charge is -2.18. The molecule has 1 unspecified atom stereocenters. The van der Waals surface area contributed by atoms with Gasteiger partial charge in [-0.1, -0.05) is 67.1 Å². The lowest BCUT2D eigenvalue weighted by molar-refractivity contribution is -0.121. The first-order valence-electron chi connectivity index (χ1n) is 11.2. The van der Waals surface area contributed by atoms with E-state index in [1.165, 1.54) is 17.7 Å². The van der Waals surface area contributed by atoms with E-state index in [4.69, 9.17) is 0 Å². The fraction of sp³-hybridized carbons (Fsp3) is 0.250. The number of benzene rings is 3. The van der Waals surface area contributed by atoms with Crippen molar-refractivity contribution in [2.75, 3.05) is 6.54 Å². The molecule has 4 heteroatoms. The normalized spacial score (nSPS) is 12.1. The molecule has 1 atom stereocenters. The van der Waals surface area contributed by atoms with Gasteiger partial charge in [-0.2, -0.15) is 0 Å². The first kappa shape index (κ1) is 21.8. The average Bonchev–Trinajstić information content (AvgIpc) is 3.16. The molecule has 0 aliphatic rings. The highest BCUT2D eigenvalue weighted by atomic mass is 19.1. The van der Waals surface area contributed by atoms with Crippen LogP contribution in [0.4, 0.5) is 4.39 Å². The second-order valence-corrected chi connectivity index (χ2v) is 8.38. The molecular weight excluding hydrogens is 399 g/mol. The zero-order valence-electron chi connectivity index (χ0n) is 18.6. The van der Waals surface area contributed by atoms with Crippen LogP contribution in [0.2, 0.25) is 0 Å². The van der Waals surface area contributed by atoms with E-state index in [-0.39, 0.29) is 17.6 Å². The van der Waals surface area contributed by atoms with E-state index in [9.17, 15) is 9.18 Å². The minimum absolute atomic E-state index is 0.0499. The van der Waals surface area contributed by atoms with Gasteiger partial charge in [-0.25, -0.2) is 4.39 Å². The molecule has 3 nitrogen and oxygen atoms in total. The minimum Gasteiger partial charge on any atom is -0.356 e. The summed E-state index contributed by atoms with van der Waals surface area (Å²) in [7, 11) is 0. The highest BCUT2D eigenvalue weighted by Crippen LogP contribution is 2.35. The molecule has 1 N–H and O–H groups in total.